The standard InChI is InChI=1S/C16H14F2N4O4/c1-19-12-6-9(2-3-13(12)22(24)25)26-10-4-5-20-14(7-10)21-15(23)11-8-16(11,17)18/h2-7,11,19H,8H2,1H3,(H,20,21,23). The van der Waals surface area contributed by atoms with Gasteiger partial charge in [0.1, 0.15) is 28.9 Å². The quantitative estimate of drug-likeness (QED) is 0.601. The lowest BCUT2D eigenvalue weighted by Crippen LogP contribution is -2.18. The average molecular weight is 364 g/mol. The minimum atomic E-state index is -2.96. The molecule has 1 unspecified atom stereocenters. The fourth-order valence-corrected chi connectivity index (χ4v) is 2.33. The Morgan fingerprint density at radius 3 is 2.65 bits per heavy atom. The number of carbonyl (C=O) groups excluding carboxylic acids is 1. The number of amides is 1. The first kappa shape index (κ1) is 17.5. The number of hydrogen-bond acceptors (Lipinski definition) is 6. The van der Waals surface area contributed by atoms with Gasteiger partial charge < -0.3 is 15.4 Å². The van der Waals surface area contributed by atoms with Crippen molar-refractivity contribution in [2.45, 2.75) is 12.3 Å². The van der Waals surface area contributed by atoms with Gasteiger partial charge in [-0.3, -0.25) is 14.9 Å². The fourth-order valence-electron chi connectivity index (χ4n) is 2.33. The van der Waals surface area contributed by atoms with Crippen LogP contribution < -0.4 is 15.4 Å². The number of nitrogens with zero attached hydrogens (tertiary/aromatic N) is 2. The number of halogens is 2. The predicted octanol–water partition coefficient (Wildman–Crippen LogP) is 3.42. The third-order valence-corrected chi connectivity index (χ3v) is 3.79. The van der Waals surface area contributed by atoms with Gasteiger partial charge in [-0.15, -0.1) is 0 Å². The van der Waals surface area contributed by atoms with E-state index in [1.165, 1.54) is 36.5 Å². The summed E-state index contributed by atoms with van der Waals surface area (Å²) in [4.78, 5) is 26.0. The van der Waals surface area contributed by atoms with Crippen LogP contribution in [-0.2, 0) is 4.79 Å². The number of nitrogens with one attached hydrogen (secondary N) is 2. The summed E-state index contributed by atoms with van der Waals surface area (Å²) in [5.74, 6) is -4.41. The number of rotatable bonds is 6. The molecule has 1 aliphatic rings. The van der Waals surface area contributed by atoms with Crippen LogP contribution in [0.15, 0.2) is 36.5 Å². The van der Waals surface area contributed by atoms with Crippen LogP contribution in [0.4, 0.5) is 26.0 Å². The Labute approximate surface area is 146 Å². The molecular weight excluding hydrogens is 350 g/mol. The molecule has 0 bridgehead atoms. The smallest absolute Gasteiger partial charge is 0.292 e. The molecule has 1 fully saturated rings. The number of carbonyl (C=O) groups is 1. The van der Waals surface area contributed by atoms with E-state index in [4.69, 9.17) is 4.74 Å². The molecule has 0 aliphatic heterocycles. The van der Waals surface area contributed by atoms with Crippen molar-refractivity contribution < 1.29 is 23.2 Å². The van der Waals surface area contributed by atoms with Crippen molar-refractivity contribution >= 4 is 23.1 Å². The Morgan fingerprint density at radius 1 is 1.35 bits per heavy atom. The van der Waals surface area contributed by atoms with Gasteiger partial charge >= 0.3 is 0 Å². The zero-order chi connectivity index (χ0) is 18.9. The van der Waals surface area contributed by atoms with Gasteiger partial charge in [-0.2, -0.15) is 0 Å². The third kappa shape index (κ3) is 3.68. The minimum absolute atomic E-state index is 0.0750. The molecule has 1 aromatic heterocycles. The molecule has 26 heavy (non-hydrogen) atoms. The van der Waals surface area contributed by atoms with E-state index in [1.807, 2.05) is 0 Å². The first-order chi connectivity index (χ1) is 12.3. The molecule has 1 atom stereocenters. The van der Waals surface area contributed by atoms with E-state index >= 15 is 0 Å². The van der Waals surface area contributed by atoms with Crippen LogP contribution in [0.1, 0.15) is 6.42 Å². The molecule has 3 rings (SSSR count). The number of hydrogen-bond donors (Lipinski definition) is 2. The topological polar surface area (TPSA) is 106 Å². The maximum atomic E-state index is 12.9. The zero-order valence-corrected chi connectivity index (χ0v) is 13.5. The van der Waals surface area contributed by atoms with Crippen molar-refractivity contribution in [3.63, 3.8) is 0 Å². The lowest BCUT2D eigenvalue weighted by molar-refractivity contribution is -0.384. The molecular formula is C16H14F2N4O4. The molecule has 1 amide bonds. The maximum absolute atomic E-state index is 12.9. The highest BCUT2D eigenvalue weighted by Crippen LogP contribution is 2.49. The predicted molar refractivity (Wildman–Crippen MR) is 88.6 cm³/mol. The fraction of sp³-hybridized carbons (Fsp3) is 0.250. The first-order valence-corrected chi connectivity index (χ1v) is 7.59. The molecule has 2 aromatic rings. The highest BCUT2D eigenvalue weighted by Gasteiger charge is 2.61. The van der Waals surface area contributed by atoms with Crippen LogP contribution in [-0.4, -0.2) is 28.8 Å². The second kappa shape index (κ2) is 6.54. The lowest BCUT2D eigenvalue weighted by Gasteiger charge is -2.09. The van der Waals surface area contributed by atoms with Gasteiger partial charge in [-0.1, -0.05) is 0 Å². The van der Waals surface area contributed by atoms with Crippen molar-refractivity contribution in [2.75, 3.05) is 17.7 Å². The van der Waals surface area contributed by atoms with Crippen molar-refractivity contribution in [1.29, 1.82) is 0 Å². The summed E-state index contributed by atoms with van der Waals surface area (Å²) >= 11 is 0. The monoisotopic (exact) mass is 364 g/mol. The highest BCUT2D eigenvalue weighted by molar-refractivity contribution is 5.94. The van der Waals surface area contributed by atoms with Gasteiger partial charge in [0.2, 0.25) is 5.91 Å². The number of aromatic nitrogens is 1. The number of nitro groups is 1. The normalized spacial score (nSPS) is 17.3. The maximum Gasteiger partial charge on any atom is 0.292 e. The summed E-state index contributed by atoms with van der Waals surface area (Å²) in [5, 5.41) is 16.0. The summed E-state index contributed by atoms with van der Waals surface area (Å²) in [5.41, 5.74) is 0.166. The zero-order valence-electron chi connectivity index (χ0n) is 13.5. The average Bonchev–Trinajstić information content (AvgIpc) is 3.23. The molecule has 0 saturated heterocycles. The SMILES string of the molecule is CNc1cc(Oc2ccnc(NC(=O)C3CC3(F)F)c2)ccc1[N+](=O)[O-]. The summed E-state index contributed by atoms with van der Waals surface area (Å²) in [6, 6.07) is 7.03. The van der Waals surface area contributed by atoms with Crippen molar-refractivity contribution in [1.82, 2.24) is 4.98 Å². The largest absolute Gasteiger partial charge is 0.457 e. The second-order valence-corrected chi connectivity index (χ2v) is 5.67. The summed E-state index contributed by atoms with van der Waals surface area (Å²) in [6.07, 6.45) is 0.880. The van der Waals surface area contributed by atoms with Gasteiger partial charge in [0.15, 0.2) is 0 Å². The van der Waals surface area contributed by atoms with E-state index in [1.54, 1.807) is 7.05 Å². The van der Waals surface area contributed by atoms with E-state index in [9.17, 15) is 23.7 Å². The molecule has 1 aliphatic carbocycles. The Kier molecular flexibility index (Phi) is 4.41. The van der Waals surface area contributed by atoms with Gasteiger partial charge in [-0.25, -0.2) is 13.8 Å². The van der Waals surface area contributed by atoms with E-state index in [-0.39, 0.29) is 22.9 Å². The number of anilines is 2. The van der Waals surface area contributed by atoms with Crippen LogP contribution in [0.3, 0.4) is 0 Å². The molecule has 0 radical (unpaired) electrons. The molecule has 1 aromatic carbocycles. The third-order valence-electron chi connectivity index (χ3n) is 3.79. The summed E-state index contributed by atoms with van der Waals surface area (Å²) < 4.78 is 31.4. The van der Waals surface area contributed by atoms with E-state index < -0.39 is 29.1 Å². The molecule has 10 heteroatoms. The summed E-state index contributed by atoms with van der Waals surface area (Å²) in [6.45, 7) is 0. The number of alkyl halides is 2. The Balaban J connectivity index is 1.73. The number of benzene rings is 1. The molecule has 0 spiro atoms. The van der Waals surface area contributed by atoms with Crippen molar-refractivity contribution in [3.8, 4) is 11.5 Å². The first-order valence-electron chi connectivity index (χ1n) is 7.59. The number of ether oxygens (including phenoxy) is 1. The molecule has 2 N–H and O–H groups in total. The van der Waals surface area contributed by atoms with Crippen molar-refractivity contribution in [2.24, 2.45) is 5.92 Å². The highest BCUT2D eigenvalue weighted by atomic mass is 19.3. The molecule has 1 heterocycles. The second-order valence-electron chi connectivity index (χ2n) is 5.67. The molecule has 1 saturated carbocycles. The lowest BCUT2D eigenvalue weighted by atomic mass is 10.2. The van der Waals surface area contributed by atoms with Crippen LogP contribution >= 0.6 is 0 Å². The van der Waals surface area contributed by atoms with Crippen LogP contribution in [0.25, 0.3) is 0 Å². The Morgan fingerprint density at radius 2 is 2.04 bits per heavy atom. The minimum Gasteiger partial charge on any atom is -0.457 e. The van der Waals surface area contributed by atoms with Gasteiger partial charge in [0.25, 0.3) is 11.6 Å². The van der Waals surface area contributed by atoms with Crippen LogP contribution in [0.2, 0.25) is 0 Å². The number of pyridine rings is 1. The van der Waals surface area contributed by atoms with Crippen molar-refractivity contribution in [3.05, 3.63) is 46.6 Å². The molecule has 8 nitrogen and oxygen atoms in total. The van der Waals surface area contributed by atoms with Crippen LogP contribution in [0, 0.1) is 16.0 Å². The van der Waals surface area contributed by atoms with Gasteiger partial charge in [0, 0.05) is 37.9 Å². The van der Waals surface area contributed by atoms with E-state index in [0.29, 0.717) is 5.75 Å². The summed E-state index contributed by atoms with van der Waals surface area (Å²) in [7, 11) is 1.54. The van der Waals surface area contributed by atoms with Gasteiger partial charge in [-0.05, 0) is 12.1 Å². The van der Waals surface area contributed by atoms with E-state index in [2.05, 4.69) is 15.6 Å². The Hall–Kier alpha value is -3.30. The van der Waals surface area contributed by atoms with Gasteiger partial charge in [0.05, 0.1) is 4.92 Å². The Bertz CT molecular complexity index is 875. The molecule has 136 valence electrons. The van der Waals surface area contributed by atoms with E-state index in [0.717, 1.165) is 0 Å². The number of nitro benzene ring substituents is 1. The van der Waals surface area contributed by atoms with Crippen LogP contribution in [0.5, 0.6) is 11.5 Å².